The number of fused-ring (bicyclic) bond motifs is 2. The topological polar surface area (TPSA) is 140 Å². The first kappa shape index (κ1) is 27.6. The molecule has 210 valence electrons. The number of alkyl halides is 1. The van der Waals surface area contributed by atoms with Gasteiger partial charge >= 0.3 is 8.25 Å². The van der Waals surface area contributed by atoms with Gasteiger partial charge < -0.3 is 16.0 Å². The maximum atomic E-state index is 14.6. The van der Waals surface area contributed by atoms with Crippen molar-refractivity contribution in [3.05, 3.63) is 34.2 Å². The minimum absolute atomic E-state index is 0.0743. The summed E-state index contributed by atoms with van der Waals surface area (Å²) in [5.41, 5.74) is 5.71. The predicted octanol–water partition coefficient (Wildman–Crippen LogP) is 4.69. The second-order valence-corrected chi connectivity index (χ2v) is 14.1. The number of carbonyl (C=O) groups is 2. The van der Waals surface area contributed by atoms with Gasteiger partial charge in [-0.15, -0.1) is 27.6 Å². The van der Waals surface area contributed by atoms with Gasteiger partial charge in [0.25, 0.3) is 5.91 Å². The zero-order valence-corrected chi connectivity index (χ0v) is 25.0. The van der Waals surface area contributed by atoms with E-state index in [0.717, 1.165) is 30.6 Å². The van der Waals surface area contributed by atoms with Gasteiger partial charge in [-0.1, -0.05) is 23.6 Å². The van der Waals surface area contributed by atoms with Gasteiger partial charge in [0.2, 0.25) is 11.0 Å². The Morgan fingerprint density at radius 1 is 1.27 bits per heavy atom. The van der Waals surface area contributed by atoms with Crippen LogP contribution in [0.3, 0.4) is 0 Å². The molecule has 2 fully saturated rings. The number of thiophene rings is 3. The summed E-state index contributed by atoms with van der Waals surface area (Å²) in [6.45, 7) is -0.390. The molecule has 4 N–H and O–H groups in total. The van der Waals surface area contributed by atoms with Crippen molar-refractivity contribution >= 4 is 90.9 Å². The maximum Gasteiger partial charge on any atom is 0.748 e. The van der Waals surface area contributed by atoms with Crippen LogP contribution >= 0.6 is 54.5 Å². The molecule has 1 saturated heterocycles. The molecule has 4 aromatic heterocycles. The smallest absolute Gasteiger partial charge is 0.375 e. The molecule has 6 rings (SSSR count). The standard InChI is InChI=1S/C24H23FN5O5PS4/c25-12-6-15(24(37)27-13-2-1-11(5-13)17-8-18-16(39-17)3-4-38-18)29(9-12)19(31)10-30-14-7-20(35-36(33)34)40-22(14)21(28-30)23(26)32/h3-4,7-8,11-13,15H,1-2,5-6,9-10H2,(H3-,26,27,32,33,34,37)/p+1/t11?,12-,13?,15+/m1/s1. The van der Waals surface area contributed by atoms with Crippen molar-refractivity contribution < 1.29 is 28.0 Å². The summed E-state index contributed by atoms with van der Waals surface area (Å²) in [6.07, 6.45) is 1.80. The Bertz CT molecular complexity index is 1620. The summed E-state index contributed by atoms with van der Waals surface area (Å²) in [4.78, 5) is 37.7. The van der Waals surface area contributed by atoms with E-state index >= 15 is 0 Å². The van der Waals surface area contributed by atoms with Crippen LogP contribution < -0.4 is 15.6 Å². The summed E-state index contributed by atoms with van der Waals surface area (Å²) < 4.78 is 34.8. The lowest BCUT2D eigenvalue weighted by atomic mass is 10.1. The zero-order chi connectivity index (χ0) is 28.1. The van der Waals surface area contributed by atoms with E-state index in [1.807, 2.05) is 11.3 Å². The van der Waals surface area contributed by atoms with Gasteiger partial charge in [0.15, 0.2) is 5.69 Å². The molecule has 0 aromatic carbocycles. The van der Waals surface area contributed by atoms with E-state index in [9.17, 15) is 18.5 Å². The number of nitrogens with two attached hydrogens (primary N) is 1. The quantitative estimate of drug-likeness (QED) is 0.186. The highest BCUT2D eigenvalue weighted by Gasteiger charge is 2.39. The highest BCUT2D eigenvalue weighted by molar-refractivity contribution is 7.80. The Kier molecular flexibility index (Phi) is 7.61. The molecule has 40 heavy (non-hydrogen) atoms. The Hall–Kier alpha value is -2.55. The van der Waals surface area contributed by atoms with Crippen molar-refractivity contribution in [2.75, 3.05) is 6.54 Å². The van der Waals surface area contributed by atoms with Crippen molar-refractivity contribution in [1.82, 2.24) is 20.0 Å². The average molecular weight is 641 g/mol. The lowest BCUT2D eigenvalue weighted by molar-refractivity contribution is -0.131. The Labute approximate surface area is 245 Å². The third-order valence-corrected chi connectivity index (χ3v) is 11.4. The molecule has 3 unspecified atom stereocenters. The van der Waals surface area contributed by atoms with Gasteiger partial charge in [0, 0.05) is 37.4 Å². The van der Waals surface area contributed by atoms with E-state index in [0.29, 0.717) is 21.1 Å². The summed E-state index contributed by atoms with van der Waals surface area (Å²) >= 11 is 10.2. The van der Waals surface area contributed by atoms with Crippen LogP contribution in [0.25, 0.3) is 19.6 Å². The number of hydrogen-bond acceptors (Lipinski definition) is 9. The molecule has 2 amide bonds. The number of aromatic nitrogens is 2. The number of hydrogen-bond donors (Lipinski definition) is 3. The molecule has 1 aliphatic carbocycles. The molecule has 16 heteroatoms. The highest BCUT2D eigenvalue weighted by Crippen LogP contribution is 2.42. The SMILES string of the molecule is NC(=O)c1nn(CC(=O)N2C[C@H](F)C[C@H]2C(=S)NC2CCC(c3cc4sccc4s3)C2)c2cc(O[P+](=O)O)sc12. The van der Waals surface area contributed by atoms with Crippen LogP contribution in [0.15, 0.2) is 23.6 Å². The van der Waals surface area contributed by atoms with Crippen molar-refractivity contribution in [3.8, 4) is 5.06 Å². The van der Waals surface area contributed by atoms with E-state index in [-0.39, 0.29) is 36.3 Å². The fraction of sp³-hybridized carbons (Fsp3) is 0.417. The largest absolute Gasteiger partial charge is 0.748 e. The van der Waals surface area contributed by atoms with Crippen LogP contribution in [-0.2, 0) is 15.9 Å². The molecular formula is C24H24FN5O5PS4+. The minimum Gasteiger partial charge on any atom is -0.375 e. The van der Waals surface area contributed by atoms with E-state index in [1.54, 1.807) is 11.3 Å². The van der Waals surface area contributed by atoms with Gasteiger partial charge in [-0.3, -0.25) is 14.3 Å². The number of amides is 2. The molecule has 2 aliphatic rings. The molecule has 1 aliphatic heterocycles. The number of rotatable bonds is 8. The Morgan fingerprint density at radius 2 is 2.10 bits per heavy atom. The number of nitrogens with one attached hydrogen (secondary N) is 1. The lowest BCUT2D eigenvalue weighted by Crippen LogP contribution is -2.48. The van der Waals surface area contributed by atoms with E-state index in [4.69, 9.17) is 27.4 Å². The molecule has 5 heterocycles. The van der Waals surface area contributed by atoms with Crippen molar-refractivity contribution in [3.63, 3.8) is 0 Å². The average Bonchev–Trinajstić information content (AvgIpc) is 3.69. The first-order valence-electron chi connectivity index (χ1n) is 12.5. The highest BCUT2D eigenvalue weighted by atomic mass is 32.1. The minimum atomic E-state index is -2.92. The molecule has 0 spiro atoms. The maximum absolute atomic E-state index is 14.6. The van der Waals surface area contributed by atoms with Gasteiger partial charge in [-0.2, -0.15) is 5.10 Å². The lowest BCUT2D eigenvalue weighted by Gasteiger charge is -2.27. The van der Waals surface area contributed by atoms with Gasteiger partial charge in [0.05, 0.1) is 27.8 Å². The third-order valence-electron chi connectivity index (χ3n) is 7.30. The molecule has 1 saturated carbocycles. The number of carbonyl (C=O) groups excluding carboxylic acids is 2. The first-order chi connectivity index (χ1) is 19.2. The van der Waals surface area contributed by atoms with Gasteiger partial charge in [-0.05, 0) is 42.7 Å². The van der Waals surface area contributed by atoms with Crippen molar-refractivity contribution in [2.24, 2.45) is 5.73 Å². The van der Waals surface area contributed by atoms with Crippen LogP contribution in [0.4, 0.5) is 4.39 Å². The Morgan fingerprint density at radius 3 is 2.85 bits per heavy atom. The van der Waals surface area contributed by atoms with Crippen LogP contribution in [0.1, 0.15) is 47.0 Å². The van der Waals surface area contributed by atoms with Gasteiger partial charge in [-0.25, -0.2) is 8.91 Å². The molecule has 0 radical (unpaired) electrons. The number of likely N-dealkylation sites (tertiary alicyclic amines) is 1. The van der Waals surface area contributed by atoms with Crippen LogP contribution in [-0.4, -0.2) is 61.2 Å². The number of nitrogens with zero attached hydrogens (tertiary/aromatic N) is 3. The van der Waals surface area contributed by atoms with Crippen LogP contribution in [0.5, 0.6) is 5.06 Å². The van der Waals surface area contributed by atoms with E-state index < -0.39 is 32.3 Å². The fourth-order valence-electron chi connectivity index (χ4n) is 5.53. The molecule has 0 bridgehead atoms. The van der Waals surface area contributed by atoms with Crippen LogP contribution in [0, 0.1) is 0 Å². The third kappa shape index (κ3) is 5.38. The van der Waals surface area contributed by atoms with Crippen molar-refractivity contribution in [1.29, 1.82) is 0 Å². The zero-order valence-electron chi connectivity index (χ0n) is 20.8. The first-order valence-corrected chi connectivity index (χ1v) is 16.6. The molecule has 5 atom stereocenters. The normalized spacial score (nSPS) is 23.2. The Balaban J connectivity index is 1.14. The predicted molar refractivity (Wildman–Crippen MR) is 157 cm³/mol. The summed E-state index contributed by atoms with van der Waals surface area (Å²) in [7, 11) is -2.92. The fourth-order valence-corrected chi connectivity index (χ4v) is 9.61. The summed E-state index contributed by atoms with van der Waals surface area (Å²) in [5, 5.41) is 9.77. The number of halogens is 1. The molecule has 4 aromatic rings. The summed E-state index contributed by atoms with van der Waals surface area (Å²) in [6, 6.07) is 5.40. The second kappa shape index (κ2) is 11.0. The van der Waals surface area contributed by atoms with E-state index in [1.165, 1.54) is 29.9 Å². The monoisotopic (exact) mass is 640 g/mol. The molecular weight excluding hydrogens is 617 g/mol. The number of primary amides is 1. The van der Waals surface area contributed by atoms with E-state index in [2.05, 4.69) is 27.9 Å². The van der Waals surface area contributed by atoms with Crippen molar-refractivity contribution in [2.45, 2.75) is 56.4 Å². The van der Waals surface area contributed by atoms with Gasteiger partial charge in [0.1, 0.15) is 12.7 Å². The second-order valence-electron chi connectivity index (χ2n) is 9.89. The summed E-state index contributed by atoms with van der Waals surface area (Å²) in [5.74, 6) is -0.784. The molecule has 10 nitrogen and oxygen atoms in total. The number of thiocarbonyl (C=S) groups is 1. The van der Waals surface area contributed by atoms with Crippen LogP contribution in [0.2, 0.25) is 0 Å².